The minimum absolute atomic E-state index is 0.0485. The maximum absolute atomic E-state index is 13.2. The monoisotopic (exact) mass is 382 g/mol. The molecule has 3 rings (SSSR count). The third-order valence-corrected chi connectivity index (χ3v) is 7.17. The van der Waals surface area contributed by atoms with Gasteiger partial charge < -0.3 is 9.47 Å². The Bertz CT molecular complexity index is 728. The Morgan fingerprint density at radius 3 is 2.31 bits per heavy atom. The molecule has 0 spiro atoms. The van der Waals surface area contributed by atoms with Gasteiger partial charge in [-0.3, -0.25) is 9.69 Å². The molecule has 2 heterocycles. The lowest BCUT2D eigenvalue weighted by Crippen LogP contribution is -2.42. The third kappa shape index (κ3) is 3.72. The number of nitrogens with zero attached hydrogens (tertiary/aromatic N) is 2. The van der Waals surface area contributed by atoms with Crippen LogP contribution in [-0.4, -0.2) is 69.5 Å². The van der Waals surface area contributed by atoms with E-state index in [4.69, 9.17) is 9.47 Å². The molecule has 1 aromatic carbocycles. The molecule has 0 radical (unpaired) electrons. The molecule has 2 aliphatic rings. The Hall–Kier alpha value is -1.64. The smallest absolute Gasteiger partial charge is 0.324 e. The maximum atomic E-state index is 13.2. The lowest BCUT2D eigenvalue weighted by molar-refractivity contribution is -0.144. The highest BCUT2D eigenvalue weighted by Crippen LogP contribution is 2.31. The number of sulfonamides is 1. The van der Waals surface area contributed by atoms with E-state index >= 15 is 0 Å². The van der Waals surface area contributed by atoms with Crippen LogP contribution in [0.4, 0.5) is 0 Å². The van der Waals surface area contributed by atoms with Gasteiger partial charge in [-0.05, 0) is 56.6 Å². The zero-order valence-corrected chi connectivity index (χ0v) is 16.1. The van der Waals surface area contributed by atoms with Crippen LogP contribution in [0.15, 0.2) is 29.2 Å². The second-order valence-corrected chi connectivity index (χ2v) is 8.67. The predicted molar refractivity (Wildman–Crippen MR) is 96.5 cm³/mol. The van der Waals surface area contributed by atoms with Gasteiger partial charge in [0.15, 0.2) is 0 Å². The lowest BCUT2D eigenvalue weighted by Gasteiger charge is -2.32. The van der Waals surface area contributed by atoms with Crippen molar-refractivity contribution in [2.45, 2.75) is 42.7 Å². The van der Waals surface area contributed by atoms with Gasteiger partial charge in [-0.1, -0.05) is 6.42 Å². The summed E-state index contributed by atoms with van der Waals surface area (Å²) in [6, 6.07) is 5.51. The van der Waals surface area contributed by atoms with E-state index in [1.807, 2.05) is 0 Å². The third-order valence-electron chi connectivity index (χ3n) is 5.28. The molecule has 2 fully saturated rings. The van der Waals surface area contributed by atoms with Gasteiger partial charge in [0.1, 0.15) is 11.8 Å². The van der Waals surface area contributed by atoms with Gasteiger partial charge in [0.2, 0.25) is 10.0 Å². The van der Waals surface area contributed by atoms with E-state index in [1.165, 1.54) is 37.1 Å². The molecule has 0 aliphatic carbocycles. The number of ether oxygens (including phenoxy) is 2. The van der Waals surface area contributed by atoms with Gasteiger partial charge in [0.25, 0.3) is 0 Å². The molecule has 8 heteroatoms. The molecule has 7 nitrogen and oxygen atoms in total. The van der Waals surface area contributed by atoms with E-state index in [0.29, 0.717) is 18.7 Å². The average molecular weight is 382 g/mol. The van der Waals surface area contributed by atoms with Gasteiger partial charge in [0.05, 0.1) is 19.1 Å². The summed E-state index contributed by atoms with van der Waals surface area (Å²) < 4.78 is 37.6. The van der Waals surface area contributed by atoms with Crippen LogP contribution in [0.2, 0.25) is 0 Å². The number of piperidine rings is 1. The van der Waals surface area contributed by atoms with Crippen molar-refractivity contribution >= 4 is 16.0 Å². The first-order chi connectivity index (χ1) is 12.5. The summed E-state index contributed by atoms with van der Waals surface area (Å²) >= 11 is 0. The largest absolute Gasteiger partial charge is 0.497 e. The SMILES string of the molecule is COC(=O)[C@H]1C[C@H](N2CCCCC2)CN1S(=O)(=O)c1ccc(OC)cc1. The molecular weight excluding hydrogens is 356 g/mol. The number of carbonyl (C=O) groups is 1. The second kappa shape index (κ2) is 7.94. The molecule has 2 aliphatic heterocycles. The average Bonchev–Trinajstić information content (AvgIpc) is 3.14. The Balaban J connectivity index is 1.87. The molecular formula is C18H26N2O5S. The van der Waals surface area contributed by atoms with Crippen molar-refractivity contribution in [2.24, 2.45) is 0 Å². The highest BCUT2D eigenvalue weighted by atomic mass is 32.2. The molecule has 0 aromatic heterocycles. The molecule has 26 heavy (non-hydrogen) atoms. The summed E-state index contributed by atoms with van der Waals surface area (Å²) in [4.78, 5) is 14.7. The minimum Gasteiger partial charge on any atom is -0.497 e. The first-order valence-corrected chi connectivity index (χ1v) is 10.4. The summed E-state index contributed by atoms with van der Waals surface area (Å²) in [5.74, 6) is 0.0858. The molecule has 0 unspecified atom stereocenters. The molecule has 0 bridgehead atoms. The van der Waals surface area contributed by atoms with Crippen LogP contribution in [0.5, 0.6) is 5.75 Å². The fourth-order valence-corrected chi connectivity index (χ4v) is 5.46. The van der Waals surface area contributed by atoms with E-state index in [0.717, 1.165) is 25.9 Å². The molecule has 2 atom stereocenters. The quantitative estimate of drug-likeness (QED) is 0.718. The fraction of sp³-hybridized carbons (Fsp3) is 0.611. The Morgan fingerprint density at radius 1 is 1.08 bits per heavy atom. The van der Waals surface area contributed by atoms with E-state index in [9.17, 15) is 13.2 Å². The fourth-order valence-electron chi connectivity index (χ4n) is 3.83. The van der Waals surface area contributed by atoms with Crippen LogP contribution in [0.3, 0.4) is 0 Å². The van der Waals surface area contributed by atoms with Crippen LogP contribution in [0, 0.1) is 0 Å². The van der Waals surface area contributed by atoms with Crippen LogP contribution in [0.1, 0.15) is 25.7 Å². The zero-order chi connectivity index (χ0) is 18.7. The van der Waals surface area contributed by atoms with Gasteiger partial charge >= 0.3 is 5.97 Å². The van der Waals surface area contributed by atoms with Crippen molar-refractivity contribution in [3.05, 3.63) is 24.3 Å². The topological polar surface area (TPSA) is 76.2 Å². The summed E-state index contributed by atoms with van der Waals surface area (Å²) in [6.07, 6.45) is 3.91. The Kier molecular flexibility index (Phi) is 5.84. The number of carbonyl (C=O) groups excluding carboxylic acids is 1. The second-order valence-electron chi connectivity index (χ2n) is 6.78. The Labute approximate surface area is 154 Å². The number of benzene rings is 1. The molecule has 2 saturated heterocycles. The number of hydrogen-bond donors (Lipinski definition) is 0. The van der Waals surface area contributed by atoms with E-state index < -0.39 is 22.0 Å². The van der Waals surface area contributed by atoms with Crippen molar-refractivity contribution in [1.82, 2.24) is 9.21 Å². The van der Waals surface area contributed by atoms with Crippen molar-refractivity contribution in [3.8, 4) is 5.75 Å². The van der Waals surface area contributed by atoms with Gasteiger partial charge in [-0.25, -0.2) is 8.42 Å². The number of hydrogen-bond acceptors (Lipinski definition) is 6. The summed E-state index contributed by atoms with van der Waals surface area (Å²) in [7, 11) is -0.961. The van der Waals surface area contributed by atoms with Crippen molar-refractivity contribution in [1.29, 1.82) is 0 Å². The number of methoxy groups -OCH3 is 2. The normalized spacial score (nSPS) is 25.2. The van der Waals surface area contributed by atoms with Crippen LogP contribution in [0.25, 0.3) is 0 Å². The molecule has 144 valence electrons. The highest BCUT2D eigenvalue weighted by Gasteiger charge is 2.46. The molecule has 1 aromatic rings. The number of esters is 1. The lowest BCUT2D eigenvalue weighted by atomic mass is 10.1. The molecule has 0 saturated carbocycles. The van der Waals surface area contributed by atoms with Crippen molar-refractivity contribution in [3.63, 3.8) is 0 Å². The minimum atomic E-state index is -3.79. The van der Waals surface area contributed by atoms with E-state index in [1.54, 1.807) is 12.1 Å². The molecule has 0 amide bonds. The zero-order valence-electron chi connectivity index (χ0n) is 15.3. The number of likely N-dealkylation sites (tertiary alicyclic amines) is 1. The van der Waals surface area contributed by atoms with E-state index in [2.05, 4.69) is 4.90 Å². The number of rotatable bonds is 5. The van der Waals surface area contributed by atoms with Gasteiger partial charge in [0, 0.05) is 12.6 Å². The van der Waals surface area contributed by atoms with Crippen LogP contribution < -0.4 is 4.74 Å². The van der Waals surface area contributed by atoms with Gasteiger partial charge in [-0.15, -0.1) is 0 Å². The standard InChI is InChI=1S/C18H26N2O5S/c1-24-15-6-8-16(9-7-15)26(22,23)20-13-14(12-17(20)18(21)25-2)19-10-4-3-5-11-19/h6-9,14,17H,3-5,10-13H2,1-2H3/t14-,17+/m0/s1. The maximum Gasteiger partial charge on any atom is 0.324 e. The van der Waals surface area contributed by atoms with E-state index in [-0.39, 0.29) is 10.9 Å². The Morgan fingerprint density at radius 2 is 1.73 bits per heavy atom. The molecule has 0 N–H and O–H groups in total. The van der Waals surface area contributed by atoms with Crippen molar-refractivity contribution in [2.75, 3.05) is 33.9 Å². The van der Waals surface area contributed by atoms with Crippen LogP contribution in [-0.2, 0) is 19.6 Å². The van der Waals surface area contributed by atoms with Crippen LogP contribution >= 0.6 is 0 Å². The summed E-state index contributed by atoms with van der Waals surface area (Å²) in [5.41, 5.74) is 0. The predicted octanol–water partition coefficient (Wildman–Crippen LogP) is 1.49. The highest BCUT2D eigenvalue weighted by molar-refractivity contribution is 7.89. The first-order valence-electron chi connectivity index (χ1n) is 8.95. The van der Waals surface area contributed by atoms with Gasteiger partial charge in [-0.2, -0.15) is 4.31 Å². The first kappa shape index (κ1) is 19.1. The summed E-state index contributed by atoms with van der Waals surface area (Å²) in [5, 5.41) is 0. The summed E-state index contributed by atoms with van der Waals surface area (Å²) in [6.45, 7) is 2.22. The van der Waals surface area contributed by atoms with Crippen molar-refractivity contribution < 1.29 is 22.7 Å².